The second-order valence-electron chi connectivity index (χ2n) is 3.78. The molecule has 0 aliphatic carbocycles. The van der Waals surface area contributed by atoms with Crippen LogP contribution in [0.4, 0.5) is 0 Å². The van der Waals surface area contributed by atoms with Gasteiger partial charge in [0.1, 0.15) is 12.0 Å². The highest BCUT2D eigenvalue weighted by molar-refractivity contribution is 6.35. The molecule has 0 spiro atoms. The highest BCUT2D eigenvalue weighted by Crippen LogP contribution is 2.18. The quantitative estimate of drug-likeness (QED) is 0.790. The highest BCUT2D eigenvalue weighted by atomic mass is 35.5. The second-order valence-corrected chi connectivity index (χ2v) is 4.19. The van der Waals surface area contributed by atoms with Gasteiger partial charge in [0.25, 0.3) is 0 Å². The minimum Gasteiger partial charge on any atom is -0.464 e. The predicted octanol–water partition coefficient (Wildman–Crippen LogP) is 1.17. The smallest absolute Gasteiger partial charge is 0.422 e. The van der Waals surface area contributed by atoms with Crippen molar-refractivity contribution in [3.8, 4) is 0 Å². The van der Waals surface area contributed by atoms with E-state index in [1.165, 1.54) is 17.6 Å². The van der Waals surface area contributed by atoms with Gasteiger partial charge in [-0.2, -0.15) is 0 Å². The van der Waals surface area contributed by atoms with Gasteiger partial charge in [0.2, 0.25) is 0 Å². The van der Waals surface area contributed by atoms with Crippen molar-refractivity contribution in [2.45, 2.75) is 13.5 Å². The number of halogens is 1. The number of ether oxygens (including phenoxy) is 1. The number of carbonyl (C=O) groups excluding carboxylic acids is 1. The summed E-state index contributed by atoms with van der Waals surface area (Å²) < 4.78 is 10.5. The molecule has 0 amide bonds. The van der Waals surface area contributed by atoms with Gasteiger partial charge in [-0.15, -0.1) is 0 Å². The monoisotopic (exact) mass is 283 g/mol. The van der Waals surface area contributed by atoms with E-state index in [2.05, 4.69) is 4.42 Å². The molecule has 0 saturated carbocycles. The molecule has 7 heteroatoms. The van der Waals surface area contributed by atoms with Gasteiger partial charge in [-0.25, -0.2) is 9.59 Å². The first-order valence-electron chi connectivity index (χ1n) is 5.46. The Bertz CT molecular complexity index is 746. The van der Waals surface area contributed by atoms with E-state index in [1.54, 1.807) is 12.1 Å². The van der Waals surface area contributed by atoms with Crippen LogP contribution in [-0.4, -0.2) is 17.1 Å². The maximum absolute atomic E-state index is 11.7. The number of benzene rings is 1. The van der Waals surface area contributed by atoms with Crippen molar-refractivity contribution < 1.29 is 13.9 Å². The number of nitrogens with zero attached hydrogens (tertiary/aromatic N) is 1. The van der Waals surface area contributed by atoms with Crippen LogP contribution in [0.1, 0.15) is 6.92 Å². The Labute approximate surface area is 112 Å². The van der Waals surface area contributed by atoms with E-state index in [0.29, 0.717) is 5.52 Å². The Morgan fingerprint density at radius 2 is 2.16 bits per heavy atom. The molecule has 0 aliphatic heterocycles. The molecule has 0 fully saturated rings. The van der Waals surface area contributed by atoms with Crippen LogP contribution >= 0.6 is 11.6 Å². The molecule has 0 radical (unpaired) electrons. The van der Waals surface area contributed by atoms with Crippen LogP contribution in [0.25, 0.3) is 10.9 Å². The topological polar surface area (TPSA) is 78.5 Å². The van der Waals surface area contributed by atoms with Crippen molar-refractivity contribution >= 4 is 28.5 Å². The van der Waals surface area contributed by atoms with E-state index in [1.807, 2.05) is 0 Å². The molecule has 6 nitrogen and oxygen atoms in total. The normalized spacial score (nSPS) is 10.6. The third-order valence-electron chi connectivity index (χ3n) is 2.51. The summed E-state index contributed by atoms with van der Waals surface area (Å²) >= 11 is 5.91. The van der Waals surface area contributed by atoms with E-state index in [-0.39, 0.29) is 23.6 Å². The summed E-state index contributed by atoms with van der Waals surface area (Å²) in [6.45, 7) is 1.35. The number of aromatic nitrogens is 1. The molecule has 1 aromatic heterocycles. The van der Waals surface area contributed by atoms with Crippen molar-refractivity contribution in [2.24, 2.45) is 0 Å². The molecular weight excluding hydrogens is 274 g/mol. The molecule has 1 aromatic carbocycles. The number of hydrogen-bond acceptors (Lipinski definition) is 5. The van der Waals surface area contributed by atoms with Gasteiger partial charge in [0.15, 0.2) is 0 Å². The van der Waals surface area contributed by atoms with E-state index < -0.39 is 17.4 Å². The Kier molecular flexibility index (Phi) is 3.71. The van der Waals surface area contributed by atoms with Crippen molar-refractivity contribution in [2.75, 3.05) is 6.61 Å². The Hall–Kier alpha value is -2.08. The zero-order valence-corrected chi connectivity index (χ0v) is 10.8. The summed E-state index contributed by atoms with van der Waals surface area (Å²) in [5.41, 5.74) is -0.435. The zero-order chi connectivity index (χ0) is 14.0. The minimum atomic E-state index is -0.813. The molecule has 0 atom stereocenters. The van der Waals surface area contributed by atoms with E-state index in [4.69, 9.17) is 16.3 Å². The van der Waals surface area contributed by atoms with Gasteiger partial charge in [0, 0.05) is 6.92 Å². The predicted molar refractivity (Wildman–Crippen MR) is 68.4 cm³/mol. The molecule has 0 aliphatic rings. The molecule has 0 saturated heterocycles. The van der Waals surface area contributed by atoms with Crippen molar-refractivity contribution in [3.05, 3.63) is 44.2 Å². The average Bonchev–Trinajstić information content (AvgIpc) is 2.32. The van der Waals surface area contributed by atoms with E-state index in [0.717, 1.165) is 0 Å². The lowest BCUT2D eigenvalue weighted by Gasteiger charge is -2.08. The first-order chi connectivity index (χ1) is 9.00. The Morgan fingerprint density at radius 1 is 1.42 bits per heavy atom. The second kappa shape index (κ2) is 5.27. The minimum absolute atomic E-state index is 0.00454. The van der Waals surface area contributed by atoms with Crippen molar-refractivity contribution in [3.63, 3.8) is 0 Å². The van der Waals surface area contributed by atoms with Gasteiger partial charge in [0.05, 0.1) is 17.1 Å². The molecule has 100 valence electrons. The maximum atomic E-state index is 11.7. The van der Waals surface area contributed by atoms with Crippen LogP contribution in [0, 0.1) is 0 Å². The fraction of sp³-hybridized carbons (Fsp3) is 0.250. The van der Waals surface area contributed by atoms with Crippen LogP contribution in [0.2, 0.25) is 5.02 Å². The largest absolute Gasteiger partial charge is 0.464 e. The molecule has 0 N–H and O–H groups in total. The average molecular weight is 284 g/mol. The maximum Gasteiger partial charge on any atom is 0.422 e. The Morgan fingerprint density at radius 3 is 2.84 bits per heavy atom. The van der Waals surface area contributed by atoms with Crippen LogP contribution in [0.5, 0.6) is 0 Å². The van der Waals surface area contributed by atoms with Gasteiger partial charge < -0.3 is 9.15 Å². The summed E-state index contributed by atoms with van der Waals surface area (Å²) in [6.07, 6.45) is 0. The lowest BCUT2D eigenvalue weighted by atomic mass is 10.2. The molecule has 19 heavy (non-hydrogen) atoms. The molecule has 2 rings (SSSR count). The summed E-state index contributed by atoms with van der Waals surface area (Å²) in [5, 5.41) is 0.332. The fourth-order valence-electron chi connectivity index (χ4n) is 1.72. The van der Waals surface area contributed by atoms with Crippen molar-refractivity contribution in [1.29, 1.82) is 0 Å². The van der Waals surface area contributed by atoms with Crippen molar-refractivity contribution in [1.82, 2.24) is 4.57 Å². The highest BCUT2D eigenvalue weighted by Gasteiger charge is 2.12. The number of hydrogen-bond donors (Lipinski definition) is 0. The number of carbonyl (C=O) groups is 1. The van der Waals surface area contributed by atoms with Gasteiger partial charge in [-0.1, -0.05) is 17.7 Å². The SMILES string of the molecule is CC(=O)OCCn1c(=O)oc(=O)c2c(Cl)cccc21. The zero-order valence-electron chi connectivity index (χ0n) is 10.0. The summed E-state index contributed by atoms with van der Waals surface area (Å²) in [7, 11) is 0. The third kappa shape index (κ3) is 2.68. The molecule has 1 heterocycles. The first-order valence-corrected chi connectivity index (χ1v) is 5.84. The van der Waals surface area contributed by atoms with Gasteiger partial charge in [-0.05, 0) is 12.1 Å². The van der Waals surface area contributed by atoms with Crippen LogP contribution in [-0.2, 0) is 16.1 Å². The lowest BCUT2D eigenvalue weighted by molar-refractivity contribution is -0.141. The first kappa shape index (κ1) is 13.4. The van der Waals surface area contributed by atoms with Gasteiger partial charge in [-0.3, -0.25) is 9.36 Å². The van der Waals surface area contributed by atoms with Crippen LogP contribution in [0.3, 0.4) is 0 Å². The Balaban J connectivity index is 2.54. The van der Waals surface area contributed by atoms with Gasteiger partial charge >= 0.3 is 17.4 Å². The van der Waals surface area contributed by atoms with E-state index in [9.17, 15) is 14.4 Å². The van der Waals surface area contributed by atoms with Crippen LogP contribution in [0.15, 0.2) is 32.2 Å². The molecule has 0 unspecified atom stereocenters. The standard InChI is InChI=1S/C12H10ClNO5/c1-7(15)18-6-5-14-9-4-2-3-8(13)10(9)11(16)19-12(14)17/h2-4H,5-6H2,1H3. The van der Waals surface area contributed by atoms with Crippen LogP contribution < -0.4 is 11.4 Å². The number of rotatable bonds is 3. The summed E-state index contributed by atoms with van der Waals surface area (Å²) in [6, 6.07) is 4.72. The third-order valence-corrected chi connectivity index (χ3v) is 2.82. The fourth-order valence-corrected chi connectivity index (χ4v) is 1.96. The molecular formula is C12H10ClNO5. The number of fused-ring (bicyclic) bond motifs is 1. The lowest BCUT2D eigenvalue weighted by Crippen LogP contribution is -2.27. The number of esters is 1. The van der Waals surface area contributed by atoms with E-state index >= 15 is 0 Å². The molecule has 2 aromatic rings. The summed E-state index contributed by atoms with van der Waals surface area (Å²) in [5.74, 6) is -1.26. The molecule has 0 bridgehead atoms. The summed E-state index contributed by atoms with van der Waals surface area (Å²) in [4.78, 5) is 33.9.